The van der Waals surface area contributed by atoms with Crippen molar-refractivity contribution >= 4 is 35.1 Å². The summed E-state index contributed by atoms with van der Waals surface area (Å²) in [6, 6.07) is 12.1. The minimum atomic E-state index is -0.596. The first-order chi connectivity index (χ1) is 17.4. The van der Waals surface area contributed by atoms with Gasteiger partial charge in [0.15, 0.2) is 0 Å². The SMILES string of the molecule is CCOc1ccc(N2C[C@H](C(=O)Oc3ccc(N4C(=O)[C@@H]5CC=CC[C@H]5C4=O)c(C)c3)CC2=O)cc1. The Morgan fingerprint density at radius 2 is 1.58 bits per heavy atom. The fourth-order valence-electron chi connectivity index (χ4n) is 5.18. The molecule has 1 aliphatic carbocycles. The van der Waals surface area contributed by atoms with Gasteiger partial charge in [0.05, 0.1) is 30.0 Å². The van der Waals surface area contributed by atoms with Crippen LogP contribution < -0.4 is 19.3 Å². The van der Waals surface area contributed by atoms with Gasteiger partial charge < -0.3 is 14.4 Å². The Labute approximate surface area is 209 Å². The number of fused-ring (bicyclic) bond motifs is 1. The zero-order valence-corrected chi connectivity index (χ0v) is 20.3. The highest BCUT2D eigenvalue weighted by atomic mass is 16.5. The third-order valence-corrected chi connectivity index (χ3v) is 7.05. The third kappa shape index (κ3) is 4.27. The molecule has 3 amide bonds. The molecule has 3 aliphatic rings. The Bertz CT molecular complexity index is 1230. The molecule has 2 aromatic carbocycles. The second-order valence-electron chi connectivity index (χ2n) is 9.37. The average Bonchev–Trinajstić information content (AvgIpc) is 3.38. The van der Waals surface area contributed by atoms with Crippen molar-refractivity contribution in [3.05, 3.63) is 60.2 Å². The highest BCUT2D eigenvalue weighted by molar-refractivity contribution is 6.22. The molecule has 8 heteroatoms. The van der Waals surface area contributed by atoms with Crippen molar-refractivity contribution < 1.29 is 28.7 Å². The molecule has 0 N–H and O–H groups in total. The quantitative estimate of drug-likeness (QED) is 0.266. The second-order valence-corrected chi connectivity index (χ2v) is 9.37. The van der Waals surface area contributed by atoms with E-state index in [9.17, 15) is 19.2 Å². The van der Waals surface area contributed by atoms with Gasteiger partial charge in [-0.25, -0.2) is 4.90 Å². The molecule has 8 nitrogen and oxygen atoms in total. The molecule has 5 rings (SSSR count). The van der Waals surface area contributed by atoms with Crippen molar-refractivity contribution in [1.82, 2.24) is 0 Å². The van der Waals surface area contributed by atoms with Crippen molar-refractivity contribution in [1.29, 1.82) is 0 Å². The molecular weight excluding hydrogens is 460 g/mol. The van der Waals surface area contributed by atoms with Gasteiger partial charge in [0.1, 0.15) is 11.5 Å². The van der Waals surface area contributed by atoms with E-state index >= 15 is 0 Å². The number of rotatable bonds is 6. The maximum absolute atomic E-state index is 12.9. The van der Waals surface area contributed by atoms with Crippen LogP contribution in [0, 0.1) is 24.7 Å². The molecule has 2 saturated heterocycles. The summed E-state index contributed by atoms with van der Waals surface area (Å²) in [6.45, 7) is 4.47. The summed E-state index contributed by atoms with van der Waals surface area (Å²) >= 11 is 0. The predicted octanol–water partition coefficient (Wildman–Crippen LogP) is 3.81. The van der Waals surface area contributed by atoms with Crippen LogP contribution in [0.4, 0.5) is 11.4 Å². The highest BCUT2D eigenvalue weighted by Gasteiger charge is 2.48. The van der Waals surface area contributed by atoms with E-state index < -0.39 is 11.9 Å². The summed E-state index contributed by atoms with van der Waals surface area (Å²) in [5.41, 5.74) is 1.87. The molecule has 186 valence electrons. The lowest BCUT2D eigenvalue weighted by atomic mass is 9.85. The molecule has 0 saturated carbocycles. The van der Waals surface area contributed by atoms with Crippen molar-refractivity contribution in [3.8, 4) is 11.5 Å². The zero-order valence-electron chi connectivity index (χ0n) is 20.3. The van der Waals surface area contributed by atoms with Crippen LogP contribution in [0.15, 0.2) is 54.6 Å². The van der Waals surface area contributed by atoms with Crippen LogP contribution in [0.25, 0.3) is 0 Å². The first kappa shape index (κ1) is 23.8. The number of allylic oxidation sites excluding steroid dienone is 2. The Balaban J connectivity index is 1.25. The van der Waals surface area contributed by atoms with E-state index in [2.05, 4.69) is 0 Å². The van der Waals surface area contributed by atoms with Gasteiger partial charge in [0, 0.05) is 18.7 Å². The summed E-state index contributed by atoms with van der Waals surface area (Å²) in [4.78, 5) is 54.1. The van der Waals surface area contributed by atoms with E-state index in [-0.39, 0.29) is 42.5 Å². The van der Waals surface area contributed by atoms with E-state index in [4.69, 9.17) is 9.47 Å². The van der Waals surface area contributed by atoms with Crippen molar-refractivity contribution in [3.63, 3.8) is 0 Å². The summed E-state index contributed by atoms with van der Waals surface area (Å²) in [6.07, 6.45) is 5.13. The van der Waals surface area contributed by atoms with Gasteiger partial charge in [0.2, 0.25) is 17.7 Å². The summed E-state index contributed by atoms with van der Waals surface area (Å²) in [7, 11) is 0. The zero-order chi connectivity index (χ0) is 25.4. The van der Waals surface area contributed by atoms with E-state index in [0.29, 0.717) is 42.1 Å². The molecule has 2 fully saturated rings. The topological polar surface area (TPSA) is 93.2 Å². The minimum Gasteiger partial charge on any atom is -0.494 e. The summed E-state index contributed by atoms with van der Waals surface area (Å²) in [5, 5.41) is 0. The van der Waals surface area contributed by atoms with Crippen molar-refractivity contribution in [2.45, 2.75) is 33.1 Å². The molecule has 0 aromatic heterocycles. The van der Waals surface area contributed by atoms with Gasteiger partial charge in [-0.15, -0.1) is 0 Å². The van der Waals surface area contributed by atoms with Gasteiger partial charge in [-0.2, -0.15) is 0 Å². The minimum absolute atomic E-state index is 0.0662. The highest BCUT2D eigenvalue weighted by Crippen LogP contribution is 2.39. The van der Waals surface area contributed by atoms with Crippen LogP contribution in [0.3, 0.4) is 0 Å². The number of esters is 1. The van der Waals surface area contributed by atoms with Crippen LogP contribution in [0.2, 0.25) is 0 Å². The molecule has 2 aromatic rings. The molecule has 2 heterocycles. The number of amides is 3. The monoisotopic (exact) mass is 488 g/mol. The summed E-state index contributed by atoms with van der Waals surface area (Å²) in [5.74, 6) is -1.18. The number of carbonyl (C=O) groups excluding carboxylic acids is 4. The van der Waals surface area contributed by atoms with E-state index in [1.807, 2.05) is 19.1 Å². The first-order valence-corrected chi connectivity index (χ1v) is 12.3. The fourth-order valence-corrected chi connectivity index (χ4v) is 5.18. The largest absolute Gasteiger partial charge is 0.494 e. The van der Waals surface area contributed by atoms with Gasteiger partial charge in [0.25, 0.3) is 0 Å². The molecule has 0 radical (unpaired) electrons. The van der Waals surface area contributed by atoms with Gasteiger partial charge in [-0.3, -0.25) is 19.2 Å². The lowest BCUT2D eigenvalue weighted by Gasteiger charge is -2.19. The Hall–Kier alpha value is -3.94. The van der Waals surface area contributed by atoms with E-state index in [0.717, 1.165) is 5.75 Å². The van der Waals surface area contributed by atoms with Crippen LogP contribution in [0.5, 0.6) is 11.5 Å². The number of carbonyl (C=O) groups is 4. The molecular formula is C28H28N2O6. The maximum atomic E-state index is 12.9. The first-order valence-electron chi connectivity index (χ1n) is 12.3. The molecule has 2 aliphatic heterocycles. The molecule has 0 bridgehead atoms. The van der Waals surface area contributed by atoms with Crippen LogP contribution in [-0.2, 0) is 19.2 Å². The molecule has 3 atom stereocenters. The number of ether oxygens (including phenoxy) is 2. The van der Waals surface area contributed by atoms with Crippen molar-refractivity contribution in [2.75, 3.05) is 23.0 Å². The van der Waals surface area contributed by atoms with Crippen LogP contribution in [-0.4, -0.2) is 36.8 Å². The Morgan fingerprint density at radius 3 is 2.19 bits per heavy atom. The number of aryl methyl sites for hydroxylation is 1. The molecule has 0 spiro atoms. The van der Waals surface area contributed by atoms with Gasteiger partial charge in [-0.05, 0) is 74.7 Å². The van der Waals surface area contributed by atoms with E-state index in [1.165, 1.54) is 4.90 Å². The standard InChI is InChI=1S/C28H28N2O6/c1-3-35-20-10-8-19(9-11-20)29-16-18(15-25(29)31)28(34)36-21-12-13-24(17(2)14-21)30-26(32)22-6-4-5-7-23(22)27(30)33/h4-5,8-14,18,22-23H,3,6-7,15-16H2,1-2H3/t18-,22-,23-/m1/s1. The molecule has 0 unspecified atom stereocenters. The van der Waals surface area contributed by atoms with Gasteiger partial charge in [-0.1, -0.05) is 12.2 Å². The predicted molar refractivity (Wildman–Crippen MR) is 133 cm³/mol. The number of imide groups is 1. The number of hydrogen-bond donors (Lipinski definition) is 0. The second kappa shape index (κ2) is 9.60. The lowest BCUT2D eigenvalue weighted by molar-refractivity contribution is -0.139. The Morgan fingerprint density at radius 1 is 0.944 bits per heavy atom. The van der Waals surface area contributed by atoms with E-state index in [1.54, 1.807) is 54.3 Å². The summed E-state index contributed by atoms with van der Waals surface area (Å²) < 4.78 is 11.0. The third-order valence-electron chi connectivity index (χ3n) is 7.05. The Kier molecular flexibility index (Phi) is 6.35. The lowest BCUT2D eigenvalue weighted by Crippen LogP contribution is -2.31. The number of nitrogens with zero attached hydrogens (tertiary/aromatic N) is 2. The number of benzene rings is 2. The fraction of sp³-hybridized carbons (Fsp3) is 0.357. The number of anilines is 2. The molecule has 36 heavy (non-hydrogen) atoms. The normalized spacial score (nSPS) is 23.3. The smallest absolute Gasteiger partial charge is 0.316 e. The number of hydrogen-bond acceptors (Lipinski definition) is 6. The van der Waals surface area contributed by atoms with Crippen molar-refractivity contribution in [2.24, 2.45) is 17.8 Å². The van der Waals surface area contributed by atoms with Crippen LogP contribution in [0.1, 0.15) is 31.7 Å². The van der Waals surface area contributed by atoms with Gasteiger partial charge >= 0.3 is 5.97 Å². The van der Waals surface area contributed by atoms with Crippen LogP contribution >= 0.6 is 0 Å². The maximum Gasteiger partial charge on any atom is 0.316 e. The average molecular weight is 489 g/mol.